The fraction of sp³-hybridized carbons (Fsp3) is 0.339. The molecule has 0 unspecified atom stereocenters. The number of carbonyl (C=O) groups is 9. The van der Waals surface area contributed by atoms with E-state index in [1.165, 1.54) is 131 Å². The minimum atomic E-state index is -0.201. The number of aliphatic imine (C=N–C) groups is 3. The summed E-state index contributed by atoms with van der Waals surface area (Å²) >= 11 is 23.3. The van der Waals surface area contributed by atoms with Crippen molar-refractivity contribution in [1.29, 1.82) is 0 Å². The van der Waals surface area contributed by atoms with E-state index in [4.69, 9.17) is 23.2 Å². The Balaban J connectivity index is 0.000000176. The van der Waals surface area contributed by atoms with Crippen molar-refractivity contribution in [1.82, 2.24) is 30.7 Å². The number of thiophene rings is 6. The van der Waals surface area contributed by atoms with Crippen LogP contribution in [0.2, 0.25) is 10.0 Å². The monoisotopic (exact) mass is 2080 g/mol. The molecule has 3 saturated heterocycles. The maximum Gasteiger partial charge on any atom is 0.251 e. The number of nitrogens with zero attached hydrogens (tertiary/aromatic N) is 6. The van der Waals surface area contributed by atoms with Crippen LogP contribution in [-0.2, 0) is 24.7 Å². The quantitative estimate of drug-likeness (QED) is 0.0154. The number of nitrogens with one attached hydrogen (secondary N) is 3. The van der Waals surface area contributed by atoms with Gasteiger partial charge in [-0.25, -0.2) is 0 Å². The normalized spacial score (nSPS) is 14.0. The first-order chi connectivity index (χ1) is 67.0. The highest BCUT2D eigenvalue weighted by Crippen LogP contribution is 2.44. The van der Waals surface area contributed by atoms with E-state index >= 15 is 0 Å². The van der Waals surface area contributed by atoms with Crippen molar-refractivity contribution in [3.63, 3.8) is 0 Å². The lowest BCUT2D eigenvalue weighted by atomic mass is 9.86. The highest BCUT2D eigenvalue weighted by atomic mass is 79.9. The van der Waals surface area contributed by atoms with Gasteiger partial charge in [0.2, 0.25) is 0 Å². The summed E-state index contributed by atoms with van der Waals surface area (Å²) in [5.41, 5.74) is 12.1. The molecular weight excluding hydrogens is 1970 g/mol. The molecule has 0 atom stereocenters. The Kier molecular flexibility index (Phi) is 39.2. The Morgan fingerprint density at radius 3 is 0.935 bits per heavy atom. The zero-order valence-electron chi connectivity index (χ0n) is 79.0. The molecule has 0 aliphatic carbocycles. The Bertz CT molecular complexity index is 6390. The third kappa shape index (κ3) is 30.4. The fourth-order valence-electron chi connectivity index (χ4n) is 16.2. The minimum Gasteiger partial charge on any atom is -0.506 e. The average molecular weight is 2090 g/mol. The van der Waals surface area contributed by atoms with E-state index in [9.17, 15) is 58.5 Å². The number of amides is 3. The molecule has 0 spiro atoms. The number of aryl methyl sites for hydroxylation is 3. The summed E-state index contributed by atoms with van der Waals surface area (Å²) < 4.78 is 0.961. The van der Waals surface area contributed by atoms with Gasteiger partial charge in [0.1, 0.15) is 36.9 Å². The number of benzene rings is 6. The third-order valence-corrected chi connectivity index (χ3v) is 32.5. The Hall–Kier alpha value is -10.7. The molecule has 6 aromatic carbocycles. The number of aromatic hydroxyl groups is 3. The molecule has 21 nitrogen and oxygen atoms in total. The van der Waals surface area contributed by atoms with E-state index < -0.39 is 0 Å². The van der Waals surface area contributed by atoms with E-state index in [-0.39, 0.29) is 94.7 Å². The fourth-order valence-corrected chi connectivity index (χ4v) is 22.5. The topological polar surface area (TPSA) is 297 Å². The molecule has 6 N–H and O–H groups in total. The molecule has 0 radical (unpaired) electrons. The number of halogens is 3. The highest BCUT2D eigenvalue weighted by Gasteiger charge is 2.26. The van der Waals surface area contributed by atoms with Gasteiger partial charge in [-0.3, -0.25) is 58.1 Å². The molecule has 9 heterocycles. The predicted octanol–water partition coefficient (Wildman–Crippen LogP) is 24.1. The number of carbonyl (C=O) groups excluding carboxylic acids is 9. The molecule has 139 heavy (non-hydrogen) atoms. The van der Waals surface area contributed by atoms with Gasteiger partial charge in [-0.1, -0.05) is 158 Å². The Labute approximate surface area is 855 Å². The van der Waals surface area contributed by atoms with Gasteiger partial charge >= 0.3 is 0 Å². The van der Waals surface area contributed by atoms with Crippen LogP contribution in [-0.4, -0.2) is 198 Å². The van der Waals surface area contributed by atoms with Gasteiger partial charge in [0.25, 0.3) is 17.7 Å². The summed E-state index contributed by atoms with van der Waals surface area (Å²) in [6.07, 6.45) is 13.8. The molecule has 726 valence electrons. The van der Waals surface area contributed by atoms with Crippen molar-refractivity contribution in [2.45, 2.75) is 143 Å². The summed E-state index contributed by atoms with van der Waals surface area (Å²) in [5.74, 6) is -0.491. The number of rotatable bonds is 39. The first-order valence-electron chi connectivity index (χ1n) is 47.0. The molecule has 3 fully saturated rings. The second kappa shape index (κ2) is 51.6. The van der Waals surface area contributed by atoms with Gasteiger partial charge in [-0.15, -0.1) is 68.0 Å². The van der Waals surface area contributed by atoms with Crippen LogP contribution in [0, 0.1) is 0 Å². The SMILES string of the molecule is CC(=NCC(=O)c1ccc(C(=O)CCc2ccc(C(=O)NCCN3CCCCC3)cc2)s1)c1csc(-c2ccc(Br)cc2)c1O.CC(=NCC(=O)c1ccc(C(=O)CCc2ccc(C(=O)NCCN3CCCCC3)cc2)s1)c1csc(-c2ccc(C(C)(C)C)cc2)c1O.CC(=NCC(=O)c1ccc(C(=O)CCc2ccc(C(=O)NCCN3CCCCC3)cc2)s1)c1csc(-c2ccc(Cl)c(Cl)c2)c1O. The van der Waals surface area contributed by atoms with Crippen LogP contribution in [0.3, 0.4) is 0 Å². The summed E-state index contributed by atoms with van der Waals surface area (Å²) in [4.78, 5) is 141. The van der Waals surface area contributed by atoms with Gasteiger partial charge in [0, 0.05) is 130 Å². The predicted molar refractivity (Wildman–Crippen MR) is 573 cm³/mol. The maximum atomic E-state index is 13.0. The molecule has 3 aliphatic rings. The van der Waals surface area contributed by atoms with Crippen molar-refractivity contribution in [3.05, 3.63) is 291 Å². The van der Waals surface area contributed by atoms with Crippen LogP contribution in [0.25, 0.3) is 31.3 Å². The summed E-state index contributed by atoms with van der Waals surface area (Å²) in [7, 11) is 0. The lowest BCUT2D eigenvalue weighted by molar-refractivity contribution is 0.0938. The summed E-state index contributed by atoms with van der Waals surface area (Å²) in [5, 5.41) is 47.9. The zero-order valence-corrected chi connectivity index (χ0v) is 87.0. The number of likely N-dealkylation sites (tertiary alicyclic amines) is 3. The standard InChI is InChI=1S/C39H45N3O4S2.C35H36BrN3O4S2.C35H35Cl2N3O4S2/c1-26(31-25-47-37(36(31)45)28-13-15-30(16-14-28)39(2,3)4)41-24-33(44)35-19-18-34(48-35)32(43)17-10-27-8-11-29(12-9-27)38(46)40-20-23-42-21-6-5-7-22-42;1-23(28-22-44-34(33(28)42)25-10-12-27(36)13-11-25)38-21-30(41)32-16-15-31(45-32)29(40)14-7-24-5-8-26(9-6-24)35(43)37-17-20-39-18-3-2-4-19-39;1-22(26-21-45-34(33(26)43)25-10-11-27(36)28(37)19-25)39-20-30(42)32-14-13-31(46-32)29(41)12-7-23-5-8-24(9-6-23)35(44)38-15-18-40-16-3-2-4-17-40/h8-9,11-16,18-19,25,45H,5-7,10,17,20-24H2,1-4H3,(H,40,46);5-6,8-13,15-16,22,42H,2-4,7,14,17-21H2,1H3,(H,37,43);5-6,8-11,13-14,19,21,43H,2-4,7,12,15-18,20H2,1H3,(H,38,44). The lowest BCUT2D eigenvalue weighted by Gasteiger charge is -2.26. The van der Waals surface area contributed by atoms with Gasteiger partial charge in [-0.05, 0) is 259 Å². The molecule has 12 aromatic rings. The first kappa shape index (κ1) is 106. The Morgan fingerprint density at radius 2 is 0.640 bits per heavy atom. The van der Waals surface area contributed by atoms with Crippen LogP contribution in [0.5, 0.6) is 17.2 Å². The van der Waals surface area contributed by atoms with Gasteiger partial charge in [0.15, 0.2) is 34.7 Å². The van der Waals surface area contributed by atoms with Crippen LogP contribution < -0.4 is 16.0 Å². The number of hydrogen-bond donors (Lipinski definition) is 6. The van der Waals surface area contributed by atoms with E-state index in [1.54, 1.807) is 117 Å². The number of Topliss-reactive ketones (excluding diaryl/α,β-unsaturated/α-hetero) is 6. The highest BCUT2D eigenvalue weighted by molar-refractivity contribution is 9.10. The molecule has 15 rings (SSSR count). The van der Waals surface area contributed by atoms with Gasteiger partial charge in [0.05, 0.1) is 53.9 Å². The molecular formula is C109H116BrCl2N9O12S6. The minimum absolute atomic E-state index is 0.0236. The maximum absolute atomic E-state index is 13.0. The van der Waals surface area contributed by atoms with Crippen LogP contribution in [0.4, 0.5) is 0 Å². The van der Waals surface area contributed by atoms with Crippen molar-refractivity contribution >= 4 is 177 Å². The molecule has 30 heteroatoms. The molecule has 6 aromatic heterocycles. The van der Waals surface area contributed by atoms with E-state index in [0.717, 1.165) is 107 Å². The Morgan fingerprint density at radius 1 is 0.360 bits per heavy atom. The van der Waals surface area contributed by atoms with Crippen molar-refractivity contribution in [2.24, 2.45) is 15.0 Å². The van der Waals surface area contributed by atoms with E-state index in [2.05, 4.69) is 94.5 Å². The number of piperidine rings is 3. The summed E-state index contributed by atoms with van der Waals surface area (Å²) in [6.45, 7) is 22.8. The second-order valence-corrected chi connectivity index (χ2v) is 43.4. The molecule has 0 saturated carbocycles. The van der Waals surface area contributed by atoms with Crippen LogP contribution >= 0.6 is 107 Å². The number of hydrogen-bond acceptors (Lipinski definition) is 24. The second-order valence-electron chi connectivity index (χ2n) is 35.7. The molecule has 3 aliphatic heterocycles. The van der Waals surface area contributed by atoms with Crippen LogP contribution in [0.1, 0.15) is 247 Å². The number of ketones is 6. The average Bonchev–Trinajstić information content (AvgIpc) is 1.69. The molecule has 0 bridgehead atoms. The largest absolute Gasteiger partial charge is 0.506 e. The van der Waals surface area contributed by atoms with Gasteiger partial charge in [-0.2, -0.15) is 0 Å². The first-order valence-corrected chi connectivity index (χ1v) is 53.7. The molecule has 3 amide bonds. The van der Waals surface area contributed by atoms with Crippen molar-refractivity contribution < 1.29 is 58.5 Å². The lowest BCUT2D eigenvalue weighted by Crippen LogP contribution is -2.37. The van der Waals surface area contributed by atoms with Crippen LogP contribution in [0.15, 0.2) is 212 Å². The van der Waals surface area contributed by atoms with E-state index in [1.807, 2.05) is 83.6 Å². The van der Waals surface area contributed by atoms with E-state index in [0.29, 0.717) is 153 Å². The van der Waals surface area contributed by atoms with Crippen molar-refractivity contribution in [2.75, 3.05) is 98.2 Å². The summed E-state index contributed by atoms with van der Waals surface area (Å²) in [6, 6.07) is 53.3. The van der Waals surface area contributed by atoms with Gasteiger partial charge < -0.3 is 46.0 Å². The third-order valence-electron chi connectivity index (χ3n) is 24.7. The zero-order chi connectivity index (χ0) is 98.7. The van der Waals surface area contributed by atoms with Crippen molar-refractivity contribution in [3.8, 4) is 48.6 Å². The smallest absolute Gasteiger partial charge is 0.251 e.